The molecule has 0 saturated heterocycles. The van der Waals surface area contributed by atoms with Crippen LogP contribution in [-0.4, -0.2) is 24.4 Å². The Labute approximate surface area is 81.3 Å². The highest BCUT2D eigenvalue weighted by molar-refractivity contribution is 4.80. The van der Waals surface area contributed by atoms with Crippen LogP contribution in [0.3, 0.4) is 0 Å². The van der Waals surface area contributed by atoms with E-state index in [2.05, 4.69) is 6.92 Å². The zero-order valence-corrected chi connectivity index (χ0v) is 8.67. The summed E-state index contributed by atoms with van der Waals surface area (Å²) < 4.78 is 5.41. The number of hydrogen-bond donors (Lipinski definition) is 1. The molecular formula is C11H22O2. The highest BCUT2D eigenvalue weighted by atomic mass is 16.5. The molecule has 2 heteroatoms. The molecule has 1 saturated carbocycles. The van der Waals surface area contributed by atoms with Crippen LogP contribution in [0.2, 0.25) is 0 Å². The summed E-state index contributed by atoms with van der Waals surface area (Å²) in [7, 11) is 0. The molecule has 0 aromatic heterocycles. The van der Waals surface area contributed by atoms with Crippen LogP contribution < -0.4 is 0 Å². The summed E-state index contributed by atoms with van der Waals surface area (Å²) in [5.74, 6) is 0.621. The lowest BCUT2D eigenvalue weighted by atomic mass is 10.1. The molecule has 2 nitrogen and oxygen atoms in total. The zero-order valence-electron chi connectivity index (χ0n) is 8.67. The molecule has 1 N–H and O–H groups in total. The summed E-state index contributed by atoms with van der Waals surface area (Å²) in [6.45, 7) is 3.88. The van der Waals surface area contributed by atoms with Gasteiger partial charge in [0, 0.05) is 13.2 Å². The van der Waals surface area contributed by atoms with Crippen molar-refractivity contribution in [2.75, 3.05) is 13.2 Å². The molecule has 1 unspecified atom stereocenters. The lowest BCUT2D eigenvalue weighted by Gasteiger charge is -2.08. The molecule has 0 heterocycles. The molecule has 1 aliphatic carbocycles. The molecule has 1 aliphatic rings. The molecule has 0 spiro atoms. The first-order valence-electron chi connectivity index (χ1n) is 5.60. The minimum Gasteiger partial charge on any atom is -0.393 e. The van der Waals surface area contributed by atoms with Gasteiger partial charge >= 0.3 is 0 Å². The number of hydrogen-bond acceptors (Lipinski definition) is 2. The predicted molar refractivity (Wildman–Crippen MR) is 53.7 cm³/mol. The zero-order chi connectivity index (χ0) is 9.52. The summed E-state index contributed by atoms with van der Waals surface area (Å²) in [6, 6.07) is 0. The molecule has 1 fully saturated rings. The highest BCUT2D eigenvalue weighted by Gasteiger charge is 2.28. The van der Waals surface area contributed by atoms with Crippen LogP contribution >= 0.6 is 0 Å². The van der Waals surface area contributed by atoms with E-state index in [1.807, 2.05) is 0 Å². The van der Waals surface area contributed by atoms with Crippen molar-refractivity contribution < 1.29 is 9.84 Å². The van der Waals surface area contributed by atoms with Crippen molar-refractivity contribution >= 4 is 0 Å². The molecule has 0 aromatic rings. The molecule has 78 valence electrons. The Bertz CT molecular complexity index is 121. The molecule has 1 rings (SSSR count). The average Bonchev–Trinajstić information content (AvgIpc) is 2.93. The molecular weight excluding hydrogens is 164 g/mol. The van der Waals surface area contributed by atoms with Gasteiger partial charge in [0.15, 0.2) is 0 Å². The Morgan fingerprint density at radius 3 is 2.62 bits per heavy atom. The summed E-state index contributed by atoms with van der Waals surface area (Å²) in [4.78, 5) is 0. The Hall–Kier alpha value is -0.0800. The predicted octanol–water partition coefficient (Wildman–Crippen LogP) is 2.35. The Morgan fingerprint density at radius 2 is 2.00 bits per heavy atom. The van der Waals surface area contributed by atoms with Crippen LogP contribution in [0, 0.1) is 5.92 Å². The molecule has 0 radical (unpaired) electrons. The maximum absolute atomic E-state index is 9.54. The lowest BCUT2D eigenvalue weighted by Crippen LogP contribution is -2.10. The van der Waals surface area contributed by atoms with Gasteiger partial charge in [0.25, 0.3) is 0 Å². The third kappa shape index (κ3) is 5.27. The SMILES string of the molecule is CCCCOCCCC(O)C1CC1. The summed E-state index contributed by atoms with van der Waals surface area (Å²) in [5.41, 5.74) is 0. The van der Waals surface area contributed by atoms with Gasteiger partial charge < -0.3 is 9.84 Å². The Morgan fingerprint density at radius 1 is 1.31 bits per heavy atom. The van der Waals surface area contributed by atoms with Gasteiger partial charge in [-0.05, 0) is 38.0 Å². The van der Waals surface area contributed by atoms with Gasteiger partial charge in [-0.25, -0.2) is 0 Å². The van der Waals surface area contributed by atoms with Crippen molar-refractivity contribution in [3.05, 3.63) is 0 Å². The van der Waals surface area contributed by atoms with Gasteiger partial charge in [-0.3, -0.25) is 0 Å². The van der Waals surface area contributed by atoms with Gasteiger partial charge in [0.1, 0.15) is 0 Å². The van der Waals surface area contributed by atoms with Crippen LogP contribution in [-0.2, 0) is 4.74 Å². The second-order valence-electron chi connectivity index (χ2n) is 4.01. The monoisotopic (exact) mass is 186 g/mol. The molecule has 0 aromatic carbocycles. The number of aliphatic hydroxyl groups is 1. The normalized spacial score (nSPS) is 18.9. The maximum Gasteiger partial charge on any atom is 0.0569 e. The fourth-order valence-electron chi connectivity index (χ4n) is 1.46. The van der Waals surface area contributed by atoms with Gasteiger partial charge in [-0.2, -0.15) is 0 Å². The van der Waals surface area contributed by atoms with Crippen molar-refractivity contribution in [2.45, 2.75) is 51.6 Å². The molecule has 0 aliphatic heterocycles. The lowest BCUT2D eigenvalue weighted by molar-refractivity contribution is 0.0966. The van der Waals surface area contributed by atoms with E-state index in [1.54, 1.807) is 0 Å². The third-order valence-electron chi connectivity index (χ3n) is 2.60. The van der Waals surface area contributed by atoms with Gasteiger partial charge in [-0.15, -0.1) is 0 Å². The van der Waals surface area contributed by atoms with E-state index in [1.165, 1.54) is 19.3 Å². The van der Waals surface area contributed by atoms with Gasteiger partial charge in [0.2, 0.25) is 0 Å². The van der Waals surface area contributed by atoms with E-state index in [4.69, 9.17) is 4.74 Å². The standard InChI is InChI=1S/C11H22O2/c1-2-3-8-13-9-4-5-11(12)10-6-7-10/h10-12H,2-9H2,1H3. The van der Waals surface area contributed by atoms with Crippen molar-refractivity contribution in [3.8, 4) is 0 Å². The fourth-order valence-corrected chi connectivity index (χ4v) is 1.46. The van der Waals surface area contributed by atoms with E-state index in [0.717, 1.165) is 32.5 Å². The number of ether oxygens (including phenoxy) is 1. The first-order chi connectivity index (χ1) is 6.34. The summed E-state index contributed by atoms with van der Waals surface area (Å²) >= 11 is 0. The summed E-state index contributed by atoms with van der Waals surface area (Å²) in [5, 5.41) is 9.54. The van der Waals surface area contributed by atoms with E-state index in [0.29, 0.717) is 5.92 Å². The first kappa shape index (κ1) is 11.0. The van der Waals surface area contributed by atoms with E-state index in [-0.39, 0.29) is 6.10 Å². The van der Waals surface area contributed by atoms with Crippen LogP contribution in [0.25, 0.3) is 0 Å². The molecule has 13 heavy (non-hydrogen) atoms. The first-order valence-corrected chi connectivity index (χ1v) is 5.60. The van der Waals surface area contributed by atoms with E-state index < -0.39 is 0 Å². The minimum absolute atomic E-state index is 0.0465. The van der Waals surface area contributed by atoms with E-state index in [9.17, 15) is 5.11 Å². The van der Waals surface area contributed by atoms with Crippen molar-refractivity contribution in [3.63, 3.8) is 0 Å². The van der Waals surface area contributed by atoms with Crippen LogP contribution in [0.4, 0.5) is 0 Å². The fraction of sp³-hybridized carbons (Fsp3) is 1.00. The summed E-state index contributed by atoms with van der Waals surface area (Å²) in [6.07, 6.45) is 6.72. The highest BCUT2D eigenvalue weighted by Crippen LogP contribution is 2.34. The molecule has 0 amide bonds. The molecule has 1 atom stereocenters. The largest absolute Gasteiger partial charge is 0.393 e. The third-order valence-corrected chi connectivity index (χ3v) is 2.60. The Balaban J connectivity index is 1.77. The quantitative estimate of drug-likeness (QED) is 0.590. The van der Waals surface area contributed by atoms with Crippen molar-refractivity contribution in [2.24, 2.45) is 5.92 Å². The average molecular weight is 186 g/mol. The molecule has 0 bridgehead atoms. The van der Waals surface area contributed by atoms with E-state index >= 15 is 0 Å². The second-order valence-corrected chi connectivity index (χ2v) is 4.01. The van der Waals surface area contributed by atoms with Gasteiger partial charge in [0.05, 0.1) is 6.10 Å². The number of rotatable bonds is 8. The van der Waals surface area contributed by atoms with Crippen molar-refractivity contribution in [1.29, 1.82) is 0 Å². The van der Waals surface area contributed by atoms with Crippen LogP contribution in [0.15, 0.2) is 0 Å². The number of aliphatic hydroxyl groups excluding tert-OH is 1. The minimum atomic E-state index is -0.0465. The topological polar surface area (TPSA) is 29.5 Å². The number of unbranched alkanes of at least 4 members (excludes halogenated alkanes) is 1. The van der Waals surface area contributed by atoms with Crippen LogP contribution in [0.5, 0.6) is 0 Å². The smallest absolute Gasteiger partial charge is 0.0569 e. The van der Waals surface area contributed by atoms with Gasteiger partial charge in [-0.1, -0.05) is 13.3 Å². The maximum atomic E-state index is 9.54. The second kappa shape index (κ2) is 6.39. The Kier molecular flexibility index (Phi) is 5.40. The van der Waals surface area contributed by atoms with Crippen LogP contribution in [0.1, 0.15) is 45.4 Å². The van der Waals surface area contributed by atoms with Crippen molar-refractivity contribution in [1.82, 2.24) is 0 Å².